The topological polar surface area (TPSA) is 82.9 Å². The average molecular weight is 410 g/mol. The Hall–Kier alpha value is -2.83. The lowest BCUT2D eigenvalue weighted by Crippen LogP contribution is -2.22. The monoisotopic (exact) mass is 409 g/mol. The Kier molecular flexibility index (Phi) is 7.88. The fraction of sp³-hybridized carbons (Fsp3) is 0.522. The van der Waals surface area contributed by atoms with Gasteiger partial charge in [-0.25, -0.2) is 0 Å². The van der Waals surface area contributed by atoms with Crippen LogP contribution in [-0.2, 0) is 0 Å². The Morgan fingerprint density at radius 2 is 2.10 bits per heavy atom. The molecule has 0 bridgehead atoms. The van der Waals surface area contributed by atoms with Crippen molar-refractivity contribution in [3.05, 3.63) is 42.2 Å². The van der Waals surface area contributed by atoms with E-state index in [0.717, 1.165) is 42.1 Å². The number of rotatable bonds is 12. The Balaban J connectivity index is 1.82. The van der Waals surface area contributed by atoms with Crippen LogP contribution in [0.1, 0.15) is 65.0 Å². The lowest BCUT2D eigenvalue weighted by molar-refractivity contribution is 0.447. The minimum Gasteiger partial charge on any atom is -0.365 e. The molecule has 0 aromatic carbocycles. The van der Waals surface area contributed by atoms with Crippen LogP contribution in [0.5, 0.6) is 0 Å². The molecule has 162 valence electrons. The quantitative estimate of drug-likeness (QED) is 0.326. The molecule has 2 unspecified atom stereocenters. The van der Waals surface area contributed by atoms with Gasteiger partial charge in [-0.15, -0.1) is 0 Å². The molecule has 0 saturated carbocycles. The third kappa shape index (κ3) is 5.84. The summed E-state index contributed by atoms with van der Waals surface area (Å²) in [4.78, 5) is 4.83. The molecular weight excluding hydrogens is 374 g/mol. The molecule has 7 nitrogen and oxygen atoms in total. The first-order valence-electron chi connectivity index (χ1n) is 11.1. The summed E-state index contributed by atoms with van der Waals surface area (Å²) in [7, 11) is 0. The van der Waals surface area contributed by atoms with Gasteiger partial charge in [0.2, 0.25) is 5.95 Å². The molecule has 30 heavy (non-hydrogen) atoms. The van der Waals surface area contributed by atoms with E-state index in [1.165, 1.54) is 19.3 Å². The Morgan fingerprint density at radius 1 is 1.23 bits per heavy atom. The van der Waals surface area contributed by atoms with E-state index in [2.05, 4.69) is 58.9 Å². The number of hydrogen-bond acceptors (Lipinski definition) is 5. The number of fused-ring (bicyclic) bond motifs is 1. The Labute approximate surface area is 179 Å². The first-order valence-corrected chi connectivity index (χ1v) is 11.1. The molecule has 0 aliphatic carbocycles. The van der Waals surface area contributed by atoms with Crippen molar-refractivity contribution in [2.24, 2.45) is 5.92 Å². The van der Waals surface area contributed by atoms with Gasteiger partial charge in [-0.3, -0.25) is 5.10 Å². The largest absolute Gasteiger partial charge is 0.365 e. The van der Waals surface area contributed by atoms with Crippen LogP contribution >= 0.6 is 0 Å². The SMILES string of the molecule is CCC/C=C\CC(CC(C)CCC)Nc1nc(Nc2cc(C)[nH]n2)n2ncccc12. The maximum Gasteiger partial charge on any atom is 0.232 e. The minimum atomic E-state index is 0.332. The Bertz CT molecular complexity index is 940. The number of aryl methyl sites for hydroxylation is 1. The fourth-order valence-corrected chi connectivity index (χ4v) is 3.76. The van der Waals surface area contributed by atoms with Crippen LogP contribution in [0, 0.1) is 12.8 Å². The highest BCUT2D eigenvalue weighted by Gasteiger charge is 2.18. The summed E-state index contributed by atoms with van der Waals surface area (Å²) < 4.78 is 1.83. The third-order valence-corrected chi connectivity index (χ3v) is 5.21. The summed E-state index contributed by atoms with van der Waals surface area (Å²) in [5, 5.41) is 18.7. The number of unbranched alkanes of at least 4 members (excludes halogenated alkanes) is 1. The lowest BCUT2D eigenvalue weighted by atomic mass is 9.95. The zero-order valence-corrected chi connectivity index (χ0v) is 18.7. The Morgan fingerprint density at radius 3 is 2.83 bits per heavy atom. The van der Waals surface area contributed by atoms with Crippen LogP contribution in [0.25, 0.3) is 5.52 Å². The van der Waals surface area contributed by atoms with Gasteiger partial charge in [0.15, 0.2) is 11.6 Å². The van der Waals surface area contributed by atoms with E-state index in [1.807, 2.05) is 29.6 Å². The molecule has 3 heterocycles. The van der Waals surface area contributed by atoms with Crippen LogP contribution in [0.2, 0.25) is 0 Å². The number of allylic oxidation sites excluding steroid dienone is 1. The fourth-order valence-electron chi connectivity index (χ4n) is 3.76. The van der Waals surface area contributed by atoms with Crippen molar-refractivity contribution >= 4 is 23.1 Å². The van der Waals surface area contributed by atoms with Crippen LogP contribution in [0.4, 0.5) is 17.6 Å². The second-order valence-electron chi connectivity index (χ2n) is 8.13. The third-order valence-electron chi connectivity index (χ3n) is 5.21. The standard InChI is InChI=1S/C23H35N7/c1-5-7-8-9-12-19(15-17(3)11-6-2)25-22-20-13-10-14-24-30(20)23(27-22)26-21-16-18(4)28-29-21/h8-10,13-14,16-17,19,25H,5-7,11-12,15H2,1-4H3,(H2,26,27,28,29)/b9-8-. The van der Waals surface area contributed by atoms with Crippen molar-refractivity contribution in [2.45, 2.75) is 72.3 Å². The number of H-pyrrole nitrogens is 1. The van der Waals surface area contributed by atoms with Crippen LogP contribution in [0.3, 0.4) is 0 Å². The molecule has 0 aliphatic heterocycles. The molecule has 0 aliphatic rings. The van der Waals surface area contributed by atoms with Gasteiger partial charge in [-0.2, -0.15) is 19.7 Å². The van der Waals surface area contributed by atoms with E-state index in [9.17, 15) is 0 Å². The molecule has 0 radical (unpaired) electrons. The van der Waals surface area contributed by atoms with Crippen molar-refractivity contribution in [1.29, 1.82) is 0 Å². The summed E-state index contributed by atoms with van der Waals surface area (Å²) >= 11 is 0. The van der Waals surface area contributed by atoms with Crippen LogP contribution in [-0.4, -0.2) is 30.8 Å². The maximum atomic E-state index is 4.83. The molecule has 3 aromatic rings. The zero-order chi connectivity index (χ0) is 21.3. The van der Waals surface area contributed by atoms with E-state index in [4.69, 9.17) is 4.98 Å². The molecule has 0 spiro atoms. The molecule has 0 saturated heterocycles. The van der Waals surface area contributed by atoms with Gasteiger partial charge in [0.1, 0.15) is 5.52 Å². The van der Waals surface area contributed by atoms with Crippen molar-refractivity contribution in [3.8, 4) is 0 Å². The van der Waals surface area contributed by atoms with E-state index in [0.29, 0.717) is 17.9 Å². The summed E-state index contributed by atoms with van der Waals surface area (Å²) in [6.07, 6.45) is 13.3. The highest BCUT2D eigenvalue weighted by Crippen LogP contribution is 2.25. The number of imidazole rings is 1. The number of nitrogens with zero attached hydrogens (tertiary/aromatic N) is 4. The van der Waals surface area contributed by atoms with Gasteiger partial charge in [0, 0.05) is 24.0 Å². The molecule has 2 atom stereocenters. The van der Waals surface area contributed by atoms with Crippen LogP contribution in [0.15, 0.2) is 36.5 Å². The number of aromatic amines is 1. The van der Waals surface area contributed by atoms with E-state index in [1.54, 1.807) is 6.20 Å². The number of hydrogen-bond donors (Lipinski definition) is 3. The second kappa shape index (κ2) is 10.8. The minimum absolute atomic E-state index is 0.332. The summed E-state index contributed by atoms with van der Waals surface area (Å²) in [6, 6.07) is 6.27. The van der Waals surface area contributed by atoms with Gasteiger partial charge in [0.05, 0.1) is 0 Å². The summed E-state index contributed by atoms with van der Waals surface area (Å²) in [5.41, 5.74) is 1.95. The maximum absolute atomic E-state index is 4.83. The van der Waals surface area contributed by atoms with Gasteiger partial charge in [-0.1, -0.05) is 52.2 Å². The number of aromatic nitrogens is 5. The number of nitrogens with one attached hydrogen (secondary N) is 3. The first-order chi connectivity index (χ1) is 14.6. The van der Waals surface area contributed by atoms with Crippen molar-refractivity contribution in [1.82, 2.24) is 24.8 Å². The average Bonchev–Trinajstić information content (AvgIpc) is 3.29. The second-order valence-corrected chi connectivity index (χ2v) is 8.13. The normalized spacial score (nSPS) is 13.7. The highest BCUT2D eigenvalue weighted by molar-refractivity contribution is 5.73. The van der Waals surface area contributed by atoms with Crippen molar-refractivity contribution < 1.29 is 0 Å². The molecule has 0 fully saturated rings. The molecule has 0 amide bonds. The van der Waals surface area contributed by atoms with Crippen LogP contribution < -0.4 is 10.6 Å². The van der Waals surface area contributed by atoms with Crippen molar-refractivity contribution in [3.63, 3.8) is 0 Å². The van der Waals surface area contributed by atoms with E-state index < -0.39 is 0 Å². The molecular formula is C23H35N7. The molecule has 7 heteroatoms. The van der Waals surface area contributed by atoms with Crippen molar-refractivity contribution in [2.75, 3.05) is 10.6 Å². The summed E-state index contributed by atoms with van der Waals surface area (Å²) in [6.45, 7) is 8.78. The number of anilines is 3. The van der Waals surface area contributed by atoms with Gasteiger partial charge < -0.3 is 10.6 Å². The molecule has 3 rings (SSSR count). The lowest BCUT2D eigenvalue weighted by Gasteiger charge is -2.21. The predicted octanol–water partition coefficient (Wildman–Crippen LogP) is 5.86. The van der Waals surface area contributed by atoms with E-state index in [-0.39, 0.29) is 0 Å². The molecule has 3 aromatic heterocycles. The van der Waals surface area contributed by atoms with E-state index >= 15 is 0 Å². The molecule has 3 N–H and O–H groups in total. The smallest absolute Gasteiger partial charge is 0.232 e. The van der Waals surface area contributed by atoms with Gasteiger partial charge in [-0.05, 0) is 44.2 Å². The predicted molar refractivity (Wildman–Crippen MR) is 124 cm³/mol. The first kappa shape index (κ1) is 21.9. The van der Waals surface area contributed by atoms with Gasteiger partial charge in [0.25, 0.3) is 0 Å². The highest BCUT2D eigenvalue weighted by atomic mass is 15.4. The zero-order valence-electron chi connectivity index (χ0n) is 18.7. The van der Waals surface area contributed by atoms with Gasteiger partial charge >= 0.3 is 0 Å². The summed E-state index contributed by atoms with van der Waals surface area (Å²) in [5.74, 6) is 2.91.